The summed E-state index contributed by atoms with van der Waals surface area (Å²) in [5.74, 6) is 5.58. The van der Waals surface area contributed by atoms with Crippen LogP contribution in [0, 0.1) is 52.3 Å². The molecular weight excluding hydrogens is 482 g/mol. The maximum Gasteiger partial charge on any atom is 0.223 e. The van der Waals surface area contributed by atoms with Gasteiger partial charge in [0.15, 0.2) is 0 Å². The van der Waals surface area contributed by atoms with Crippen molar-refractivity contribution in [1.29, 1.82) is 0 Å². The third kappa shape index (κ3) is 6.95. The van der Waals surface area contributed by atoms with E-state index in [4.69, 9.17) is 5.11 Å². The van der Waals surface area contributed by atoms with Crippen molar-refractivity contribution in [2.45, 2.75) is 105 Å². The zero-order valence-corrected chi connectivity index (χ0v) is 26.0. The maximum atomic E-state index is 13.0. The minimum atomic E-state index is 0.142. The fourth-order valence-electron chi connectivity index (χ4n) is 9.83. The van der Waals surface area contributed by atoms with Crippen LogP contribution < -0.4 is 16.0 Å². The van der Waals surface area contributed by atoms with Gasteiger partial charge in [-0.1, -0.05) is 65.5 Å². The average Bonchev–Trinajstić information content (AvgIpc) is 3.26. The van der Waals surface area contributed by atoms with Gasteiger partial charge in [0.05, 0.1) is 6.61 Å². The van der Waals surface area contributed by atoms with Crippen LogP contribution in [0.5, 0.6) is 0 Å². The molecule has 0 aromatic heterocycles. The van der Waals surface area contributed by atoms with Crippen molar-refractivity contribution >= 4 is 5.91 Å². The molecule has 4 aliphatic rings. The standard InChI is InChI=1S/C34H61N3O2/c1-24(2)7-6-8-25(3)29-11-12-30-28-10-9-27-23-26(32(39)37-20-19-35-17-18-36-21-22-38)13-15-33(27,4)31(28)14-16-34(29,30)5/h9,24-26,28-31,35-36,38H,6-8,10-23H2,1-5H3,(H,37,39)/t25-,26+,28+,29-,30+,31+,33+,34-/m1/s1. The molecule has 5 nitrogen and oxygen atoms in total. The van der Waals surface area contributed by atoms with Gasteiger partial charge < -0.3 is 21.1 Å². The Kier molecular flexibility index (Phi) is 11.0. The Bertz CT molecular complexity index is 827. The molecule has 0 unspecified atom stereocenters. The number of aliphatic hydroxyl groups excluding tert-OH is 1. The highest BCUT2D eigenvalue weighted by molar-refractivity contribution is 5.79. The molecule has 224 valence electrons. The summed E-state index contributed by atoms with van der Waals surface area (Å²) in [7, 11) is 0. The Hall–Kier alpha value is -0.910. The van der Waals surface area contributed by atoms with Gasteiger partial charge >= 0.3 is 0 Å². The number of hydrogen-bond acceptors (Lipinski definition) is 4. The van der Waals surface area contributed by atoms with E-state index < -0.39 is 0 Å². The number of aliphatic hydroxyl groups is 1. The number of carbonyl (C=O) groups is 1. The first-order valence-electron chi connectivity index (χ1n) is 16.7. The van der Waals surface area contributed by atoms with Crippen LogP contribution in [0.25, 0.3) is 0 Å². The zero-order chi connectivity index (χ0) is 28.0. The average molecular weight is 544 g/mol. The summed E-state index contributed by atoms with van der Waals surface area (Å²) in [6, 6.07) is 0. The van der Waals surface area contributed by atoms with E-state index in [1.54, 1.807) is 5.57 Å². The molecule has 0 spiro atoms. The van der Waals surface area contributed by atoms with Crippen LogP contribution >= 0.6 is 0 Å². The fraction of sp³-hybridized carbons (Fsp3) is 0.912. The van der Waals surface area contributed by atoms with Crippen molar-refractivity contribution in [2.75, 3.05) is 39.3 Å². The number of nitrogens with one attached hydrogen (secondary N) is 3. The van der Waals surface area contributed by atoms with E-state index >= 15 is 0 Å². The van der Waals surface area contributed by atoms with E-state index in [0.29, 0.717) is 23.9 Å². The van der Waals surface area contributed by atoms with Crippen LogP contribution in [-0.2, 0) is 4.79 Å². The van der Waals surface area contributed by atoms with Crippen molar-refractivity contribution in [3.8, 4) is 0 Å². The number of fused-ring (bicyclic) bond motifs is 5. The predicted octanol–water partition coefficient (Wildman–Crippen LogP) is 5.93. The summed E-state index contributed by atoms with van der Waals surface area (Å²) in [5.41, 5.74) is 2.47. The summed E-state index contributed by atoms with van der Waals surface area (Å²) < 4.78 is 0. The Labute approximate surface area is 240 Å². The molecule has 0 aliphatic heterocycles. The Balaban J connectivity index is 1.29. The zero-order valence-electron chi connectivity index (χ0n) is 26.0. The number of amides is 1. The number of carbonyl (C=O) groups excluding carboxylic acids is 1. The third-order valence-electron chi connectivity index (χ3n) is 12.0. The Morgan fingerprint density at radius 1 is 0.949 bits per heavy atom. The van der Waals surface area contributed by atoms with Crippen molar-refractivity contribution in [3.63, 3.8) is 0 Å². The fourth-order valence-corrected chi connectivity index (χ4v) is 9.83. The van der Waals surface area contributed by atoms with Crippen molar-refractivity contribution in [1.82, 2.24) is 16.0 Å². The van der Waals surface area contributed by atoms with Crippen LogP contribution in [0.4, 0.5) is 0 Å². The summed E-state index contributed by atoms with van der Waals surface area (Å²) >= 11 is 0. The SMILES string of the molecule is CC(C)CCC[C@@H](C)[C@H]1CC[C@H]2[C@@H]3CC=C4C[C@@H](C(=O)NCCNCCNCCO)CC[C@]4(C)[C@H]3CC[C@]12C. The highest BCUT2D eigenvalue weighted by atomic mass is 16.3. The third-order valence-corrected chi connectivity index (χ3v) is 12.0. The quantitative estimate of drug-likeness (QED) is 0.162. The first-order chi connectivity index (χ1) is 18.7. The van der Waals surface area contributed by atoms with Crippen molar-refractivity contribution in [3.05, 3.63) is 11.6 Å². The Morgan fingerprint density at radius 2 is 1.69 bits per heavy atom. The van der Waals surface area contributed by atoms with Gasteiger partial charge in [-0.05, 0) is 97.7 Å². The second-order valence-corrected chi connectivity index (χ2v) is 14.7. The van der Waals surface area contributed by atoms with Crippen LogP contribution in [0.15, 0.2) is 11.6 Å². The molecule has 8 atom stereocenters. The van der Waals surface area contributed by atoms with Gasteiger partial charge in [0, 0.05) is 38.6 Å². The van der Waals surface area contributed by atoms with Gasteiger partial charge in [0.1, 0.15) is 0 Å². The monoisotopic (exact) mass is 543 g/mol. The summed E-state index contributed by atoms with van der Waals surface area (Å²) in [6.07, 6.45) is 17.0. The largest absolute Gasteiger partial charge is 0.395 e. The minimum Gasteiger partial charge on any atom is -0.395 e. The van der Waals surface area contributed by atoms with Crippen molar-refractivity contribution < 1.29 is 9.90 Å². The summed E-state index contributed by atoms with van der Waals surface area (Å²) in [4.78, 5) is 13.0. The summed E-state index contributed by atoms with van der Waals surface area (Å²) in [5, 5.41) is 18.5. The Morgan fingerprint density at radius 3 is 2.44 bits per heavy atom. The second kappa shape index (κ2) is 13.8. The van der Waals surface area contributed by atoms with E-state index in [1.807, 2.05) is 0 Å². The molecule has 0 saturated heterocycles. The van der Waals surface area contributed by atoms with Crippen LogP contribution in [-0.4, -0.2) is 50.3 Å². The van der Waals surface area contributed by atoms with Crippen LogP contribution in [0.3, 0.4) is 0 Å². The molecule has 4 rings (SSSR count). The lowest BCUT2D eigenvalue weighted by atomic mass is 9.46. The molecule has 4 N–H and O–H groups in total. The molecule has 1 amide bonds. The molecule has 39 heavy (non-hydrogen) atoms. The van der Waals surface area contributed by atoms with Gasteiger partial charge in [0.25, 0.3) is 0 Å². The highest BCUT2D eigenvalue weighted by Gasteiger charge is 2.59. The smallest absolute Gasteiger partial charge is 0.223 e. The number of rotatable bonds is 14. The molecule has 0 radical (unpaired) electrons. The molecule has 0 bridgehead atoms. The van der Waals surface area contributed by atoms with E-state index in [9.17, 15) is 4.79 Å². The van der Waals surface area contributed by atoms with E-state index in [-0.39, 0.29) is 18.4 Å². The maximum absolute atomic E-state index is 13.0. The van der Waals surface area contributed by atoms with E-state index in [2.05, 4.69) is 56.6 Å². The highest BCUT2D eigenvalue weighted by Crippen LogP contribution is 2.67. The molecule has 5 heteroatoms. The lowest BCUT2D eigenvalue weighted by molar-refractivity contribution is -0.126. The minimum absolute atomic E-state index is 0.142. The number of allylic oxidation sites excluding steroid dienone is 2. The molecule has 3 fully saturated rings. The predicted molar refractivity (Wildman–Crippen MR) is 162 cm³/mol. The lowest BCUT2D eigenvalue weighted by Gasteiger charge is -2.58. The van der Waals surface area contributed by atoms with Crippen LogP contribution in [0.1, 0.15) is 105 Å². The molecular formula is C34H61N3O2. The molecule has 0 aromatic carbocycles. The number of hydrogen-bond donors (Lipinski definition) is 4. The molecule has 0 heterocycles. The first kappa shape index (κ1) is 31.0. The topological polar surface area (TPSA) is 73.4 Å². The molecule has 0 aromatic rings. The lowest BCUT2D eigenvalue weighted by Crippen LogP contribution is -2.51. The molecule has 3 saturated carbocycles. The van der Waals surface area contributed by atoms with Gasteiger partial charge in [-0.2, -0.15) is 0 Å². The first-order valence-corrected chi connectivity index (χ1v) is 16.7. The van der Waals surface area contributed by atoms with Gasteiger partial charge in [-0.3, -0.25) is 4.79 Å². The van der Waals surface area contributed by atoms with Gasteiger partial charge in [-0.25, -0.2) is 0 Å². The molecule has 4 aliphatic carbocycles. The van der Waals surface area contributed by atoms with E-state index in [1.165, 1.54) is 57.8 Å². The second-order valence-electron chi connectivity index (χ2n) is 14.7. The summed E-state index contributed by atoms with van der Waals surface area (Å²) in [6.45, 7) is 16.5. The normalized spacial score (nSPS) is 36.6. The van der Waals surface area contributed by atoms with Crippen LogP contribution in [0.2, 0.25) is 0 Å². The van der Waals surface area contributed by atoms with Crippen molar-refractivity contribution in [2.24, 2.45) is 52.3 Å². The van der Waals surface area contributed by atoms with E-state index in [0.717, 1.165) is 68.0 Å². The van der Waals surface area contributed by atoms with Gasteiger partial charge in [0.2, 0.25) is 5.91 Å². The van der Waals surface area contributed by atoms with Gasteiger partial charge in [-0.15, -0.1) is 0 Å².